The molecule has 0 aromatic heterocycles. The van der Waals surface area contributed by atoms with Crippen LogP contribution in [0.4, 0.5) is 0 Å². The second kappa shape index (κ2) is 4.50. The number of carboxylic acids is 1. The molecule has 0 saturated carbocycles. The molecule has 1 aromatic rings. The molecule has 0 spiro atoms. The molecule has 0 saturated heterocycles. The van der Waals surface area contributed by atoms with E-state index in [1.807, 2.05) is 0 Å². The maximum Gasteiger partial charge on any atom is 0.338 e. The highest BCUT2D eigenvalue weighted by atomic mass is 35.5. The van der Waals surface area contributed by atoms with Gasteiger partial charge < -0.3 is 5.11 Å². The van der Waals surface area contributed by atoms with E-state index in [4.69, 9.17) is 28.3 Å². The molecular weight excluding hydrogens is 267 g/mol. The molecule has 7 heteroatoms. The Morgan fingerprint density at radius 1 is 1.47 bits per heavy atom. The Morgan fingerprint density at radius 3 is 2.76 bits per heavy atom. The summed E-state index contributed by atoms with van der Waals surface area (Å²) < 4.78 is 0. The largest absolute Gasteiger partial charge is 0.478 e. The quantitative estimate of drug-likeness (QED) is 0.842. The van der Waals surface area contributed by atoms with Crippen molar-refractivity contribution in [2.45, 2.75) is 13.0 Å². The van der Waals surface area contributed by atoms with E-state index in [0.29, 0.717) is 19.5 Å². The third kappa shape index (κ3) is 2.08. The lowest BCUT2D eigenvalue weighted by Gasteiger charge is -2.25. The van der Waals surface area contributed by atoms with Crippen LogP contribution in [0, 0.1) is 4.91 Å². The molecular formula is C10H8Cl2N2O3. The van der Waals surface area contributed by atoms with E-state index in [0.717, 1.165) is 11.1 Å². The van der Waals surface area contributed by atoms with E-state index in [2.05, 4.69) is 5.29 Å². The summed E-state index contributed by atoms with van der Waals surface area (Å²) in [5.74, 6) is -1.15. The number of hydrogen-bond donors (Lipinski definition) is 1. The number of rotatable bonds is 2. The summed E-state index contributed by atoms with van der Waals surface area (Å²) in [4.78, 5) is 21.4. The number of nitrogens with zero attached hydrogens (tertiary/aromatic N) is 2. The van der Waals surface area contributed by atoms with Crippen molar-refractivity contribution < 1.29 is 9.90 Å². The van der Waals surface area contributed by atoms with Crippen LogP contribution in [-0.4, -0.2) is 22.6 Å². The predicted molar refractivity (Wildman–Crippen MR) is 63.3 cm³/mol. The Kier molecular flexibility index (Phi) is 3.22. The van der Waals surface area contributed by atoms with Gasteiger partial charge in [-0.1, -0.05) is 23.2 Å². The van der Waals surface area contributed by atoms with Crippen molar-refractivity contribution in [3.63, 3.8) is 0 Å². The highest BCUT2D eigenvalue weighted by molar-refractivity contribution is 6.39. The molecule has 1 aliphatic rings. The zero-order valence-electron chi connectivity index (χ0n) is 8.61. The number of carbonyl (C=O) groups is 1. The Balaban J connectivity index is 2.54. The van der Waals surface area contributed by atoms with Crippen LogP contribution in [0.5, 0.6) is 0 Å². The molecule has 1 aliphatic heterocycles. The molecule has 90 valence electrons. The molecule has 5 nitrogen and oxygen atoms in total. The fraction of sp³-hybridized carbons (Fsp3) is 0.300. The van der Waals surface area contributed by atoms with Crippen LogP contribution >= 0.6 is 23.2 Å². The molecule has 0 amide bonds. The minimum Gasteiger partial charge on any atom is -0.478 e. The van der Waals surface area contributed by atoms with Crippen LogP contribution in [0.15, 0.2) is 11.4 Å². The van der Waals surface area contributed by atoms with Gasteiger partial charge in [0, 0.05) is 6.54 Å². The fourth-order valence-electron chi connectivity index (χ4n) is 1.90. The smallest absolute Gasteiger partial charge is 0.338 e. The van der Waals surface area contributed by atoms with Crippen molar-refractivity contribution in [3.8, 4) is 0 Å². The predicted octanol–water partition coefficient (Wildman–Crippen LogP) is 2.73. The number of hydrogen-bond acceptors (Lipinski definition) is 3. The maximum absolute atomic E-state index is 11.0. The van der Waals surface area contributed by atoms with Crippen LogP contribution < -0.4 is 0 Å². The Bertz CT molecular complexity index is 505. The third-order valence-electron chi connectivity index (χ3n) is 2.71. The molecule has 0 bridgehead atoms. The third-order valence-corrected chi connectivity index (χ3v) is 3.43. The molecule has 1 heterocycles. The highest BCUT2D eigenvalue weighted by Gasteiger charge is 2.24. The summed E-state index contributed by atoms with van der Waals surface area (Å²) in [7, 11) is 0. The average molecular weight is 275 g/mol. The molecule has 1 aromatic carbocycles. The van der Waals surface area contributed by atoms with Crippen LogP contribution in [-0.2, 0) is 13.0 Å². The number of carboxylic acid groups (broad SMARTS) is 1. The minimum absolute atomic E-state index is 0.0778. The van der Waals surface area contributed by atoms with E-state index >= 15 is 0 Å². The van der Waals surface area contributed by atoms with Crippen LogP contribution in [0.2, 0.25) is 10.0 Å². The molecule has 1 N–H and O–H groups in total. The van der Waals surface area contributed by atoms with E-state index in [1.165, 1.54) is 11.1 Å². The van der Waals surface area contributed by atoms with E-state index in [1.54, 1.807) is 0 Å². The number of benzene rings is 1. The second-order valence-corrected chi connectivity index (χ2v) is 4.50. The second-order valence-electron chi connectivity index (χ2n) is 3.71. The van der Waals surface area contributed by atoms with Crippen molar-refractivity contribution >= 4 is 29.2 Å². The summed E-state index contributed by atoms with van der Waals surface area (Å²) in [6, 6.07) is 1.53. The summed E-state index contributed by atoms with van der Waals surface area (Å²) in [6.45, 7) is 0.731. The number of fused-ring (bicyclic) bond motifs is 1. The summed E-state index contributed by atoms with van der Waals surface area (Å²) >= 11 is 11.9. The van der Waals surface area contributed by atoms with Crippen molar-refractivity contribution in [1.82, 2.24) is 5.01 Å². The monoisotopic (exact) mass is 274 g/mol. The zero-order chi connectivity index (χ0) is 12.6. The first-order valence-electron chi connectivity index (χ1n) is 4.86. The summed E-state index contributed by atoms with van der Waals surface area (Å²) in [5.41, 5.74) is 1.39. The van der Waals surface area contributed by atoms with Gasteiger partial charge in [-0.15, -0.1) is 4.91 Å². The molecule has 0 radical (unpaired) electrons. The first-order valence-corrected chi connectivity index (χ1v) is 5.61. The SMILES string of the molecule is O=NN1CCc2c(cc(Cl)c(C(=O)O)c2Cl)C1. The maximum atomic E-state index is 11.0. The van der Waals surface area contributed by atoms with E-state index in [-0.39, 0.29) is 15.6 Å². The summed E-state index contributed by atoms with van der Waals surface area (Å²) in [6.07, 6.45) is 0.483. The van der Waals surface area contributed by atoms with Crippen molar-refractivity contribution in [1.29, 1.82) is 0 Å². The molecule has 17 heavy (non-hydrogen) atoms. The molecule has 0 aliphatic carbocycles. The topological polar surface area (TPSA) is 70.0 Å². The molecule has 0 fully saturated rings. The molecule has 0 unspecified atom stereocenters. The van der Waals surface area contributed by atoms with Gasteiger partial charge in [-0.2, -0.15) is 0 Å². The Labute approximate surface area is 107 Å². The first-order chi connectivity index (χ1) is 8.04. The van der Waals surface area contributed by atoms with E-state index in [9.17, 15) is 9.70 Å². The fourth-order valence-corrected chi connectivity index (χ4v) is 2.66. The van der Waals surface area contributed by atoms with Crippen LogP contribution in [0.3, 0.4) is 0 Å². The Hall–Kier alpha value is -1.33. The van der Waals surface area contributed by atoms with Gasteiger partial charge in [0.05, 0.1) is 27.4 Å². The summed E-state index contributed by atoms with van der Waals surface area (Å²) in [5, 5.41) is 13.4. The lowest BCUT2D eigenvalue weighted by Crippen LogP contribution is -2.26. The normalized spacial score (nSPS) is 14.4. The van der Waals surface area contributed by atoms with Gasteiger partial charge in [0.1, 0.15) is 0 Å². The number of nitroso groups, excluding NO2 is 1. The standard InChI is InChI=1S/C10H8Cl2N2O3/c11-7-3-5-4-14(13-17)2-1-6(5)9(12)8(7)10(15)16/h3H,1-2,4H2,(H,15,16). The van der Waals surface area contributed by atoms with Gasteiger partial charge in [-0.05, 0) is 23.6 Å². The number of halogens is 2. The van der Waals surface area contributed by atoms with Crippen LogP contribution in [0.25, 0.3) is 0 Å². The van der Waals surface area contributed by atoms with Gasteiger partial charge in [-0.25, -0.2) is 4.79 Å². The van der Waals surface area contributed by atoms with Crippen LogP contribution in [0.1, 0.15) is 21.5 Å². The first kappa shape index (κ1) is 12.1. The van der Waals surface area contributed by atoms with Gasteiger partial charge in [-0.3, -0.25) is 5.01 Å². The lowest BCUT2D eigenvalue weighted by atomic mass is 9.97. The highest BCUT2D eigenvalue weighted by Crippen LogP contribution is 2.34. The van der Waals surface area contributed by atoms with Gasteiger partial charge in [0.2, 0.25) is 0 Å². The van der Waals surface area contributed by atoms with Crippen molar-refractivity contribution in [3.05, 3.63) is 37.7 Å². The van der Waals surface area contributed by atoms with Gasteiger partial charge >= 0.3 is 5.97 Å². The van der Waals surface area contributed by atoms with Gasteiger partial charge in [0.15, 0.2) is 0 Å². The average Bonchev–Trinajstić information content (AvgIpc) is 2.27. The zero-order valence-corrected chi connectivity index (χ0v) is 10.1. The Morgan fingerprint density at radius 2 is 2.18 bits per heavy atom. The lowest BCUT2D eigenvalue weighted by molar-refractivity contribution is 0.0697. The van der Waals surface area contributed by atoms with Crippen molar-refractivity contribution in [2.24, 2.45) is 5.29 Å². The van der Waals surface area contributed by atoms with Crippen molar-refractivity contribution in [2.75, 3.05) is 6.54 Å². The van der Waals surface area contributed by atoms with E-state index < -0.39 is 5.97 Å². The molecule has 0 atom stereocenters. The molecule has 2 rings (SSSR count). The number of aromatic carboxylic acids is 1. The van der Waals surface area contributed by atoms with Gasteiger partial charge in [0.25, 0.3) is 0 Å². The minimum atomic E-state index is -1.15.